The van der Waals surface area contributed by atoms with Crippen LogP contribution in [-0.4, -0.2) is 20.4 Å². The second-order valence-electron chi connectivity index (χ2n) is 13.6. The molecule has 0 radical (unpaired) electrons. The molecule has 2 saturated carbocycles. The summed E-state index contributed by atoms with van der Waals surface area (Å²) >= 11 is 0. The molecule has 4 nitrogen and oxygen atoms in total. The summed E-state index contributed by atoms with van der Waals surface area (Å²) in [5.74, 6) is 2.87. The lowest BCUT2D eigenvalue weighted by Crippen LogP contribution is -2.32. The fourth-order valence-corrected chi connectivity index (χ4v) is 7.47. The SMILES string of the molecule is CC1CCC(c2ccc(O)cc2)(c2ccc(O)cc2)CC1.Cc1cc(C2(c3ccc(O)c(C)c3)CCC(C)CC2)ccc1O. The van der Waals surface area contributed by atoms with Gasteiger partial charge in [-0.15, -0.1) is 0 Å². The first kappa shape index (κ1) is 31.5. The maximum atomic E-state index is 9.89. The second-order valence-corrected chi connectivity index (χ2v) is 13.6. The average molecular weight is 593 g/mol. The molecule has 0 amide bonds. The molecule has 4 aromatic rings. The Morgan fingerprint density at radius 1 is 0.455 bits per heavy atom. The number of aryl methyl sites for hydroxylation is 2. The zero-order valence-electron chi connectivity index (χ0n) is 26.7. The third-order valence-corrected chi connectivity index (χ3v) is 10.6. The van der Waals surface area contributed by atoms with E-state index < -0.39 is 0 Å². The van der Waals surface area contributed by atoms with Gasteiger partial charge in [-0.1, -0.05) is 62.4 Å². The number of hydrogen-bond donors (Lipinski definition) is 4. The number of benzene rings is 4. The monoisotopic (exact) mass is 592 g/mol. The fourth-order valence-electron chi connectivity index (χ4n) is 7.47. The van der Waals surface area contributed by atoms with Gasteiger partial charge in [-0.05, 0) is 147 Å². The van der Waals surface area contributed by atoms with E-state index in [1.807, 2.05) is 50.2 Å². The fraction of sp³-hybridized carbons (Fsp3) is 0.400. The van der Waals surface area contributed by atoms with Crippen LogP contribution in [0.25, 0.3) is 0 Å². The molecule has 0 heterocycles. The largest absolute Gasteiger partial charge is 0.508 e. The highest BCUT2D eigenvalue weighted by molar-refractivity contribution is 5.48. The van der Waals surface area contributed by atoms with Crippen LogP contribution >= 0.6 is 0 Å². The predicted octanol–water partition coefficient (Wildman–Crippen LogP) is 9.80. The van der Waals surface area contributed by atoms with Crippen LogP contribution in [0.3, 0.4) is 0 Å². The van der Waals surface area contributed by atoms with Gasteiger partial charge in [0, 0.05) is 10.8 Å². The van der Waals surface area contributed by atoms with Crippen LogP contribution in [0.5, 0.6) is 23.0 Å². The van der Waals surface area contributed by atoms with E-state index in [1.165, 1.54) is 47.9 Å². The second kappa shape index (κ2) is 13.0. The van der Waals surface area contributed by atoms with Crippen molar-refractivity contribution in [2.45, 2.75) is 89.9 Å². The smallest absolute Gasteiger partial charge is 0.118 e. The van der Waals surface area contributed by atoms with Crippen molar-refractivity contribution >= 4 is 0 Å². The summed E-state index contributed by atoms with van der Waals surface area (Å²) in [7, 11) is 0. The van der Waals surface area contributed by atoms with Crippen molar-refractivity contribution in [1.82, 2.24) is 0 Å². The number of phenols is 4. The maximum absolute atomic E-state index is 9.89. The van der Waals surface area contributed by atoms with Crippen molar-refractivity contribution in [2.75, 3.05) is 0 Å². The zero-order chi connectivity index (χ0) is 31.5. The minimum atomic E-state index is -0.0105. The van der Waals surface area contributed by atoms with Gasteiger partial charge in [0.2, 0.25) is 0 Å². The van der Waals surface area contributed by atoms with E-state index in [0.717, 1.165) is 48.6 Å². The van der Waals surface area contributed by atoms with E-state index in [2.05, 4.69) is 38.1 Å². The molecule has 0 unspecified atom stereocenters. The number of aromatic hydroxyl groups is 4. The van der Waals surface area contributed by atoms with Crippen LogP contribution in [0.1, 0.15) is 98.6 Å². The van der Waals surface area contributed by atoms with Crippen molar-refractivity contribution in [3.05, 3.63) is 118 Å². The van der Waals surface area contributed by atoms with Crippen molar-refractivity contribution in [2.24, 2.45) is 11.8 Å². The topological polar surface area (TPSA) is 80.9 Å². The standard InChI is InChI=1S/C21H26O2.C19H22O2/c1-14-8-10-21(11-9-14,17-4-6-19(22)15(2)12-17)18-5-7-20(23)16(3)13-18;1-14-10-12-19(13-11-14,15-2-6-17(20)7-3-15)16-4-8-18(21)9-5-16/h4-7,12-14,22-23H,8-11H2,1-3H3;2-9,14,20-21H,10-13H2,1H3. The molecule has 4 aromatic carbocycles. The Morgan fingerprint density at radius 3 is 1.07 bits per heavy atom. The first-order chi connectivity index (χ1) is 21.0. The van der Waals surface area contributed by atoms with Gasteiger partial charge in [-0.3, -0.25) is 0 Å². The molecule has 4 heteroatoms. The van der Waals surface area contributed by atoms with E-state index in [4.69, 9.17) is 0 Å². The Balaban J connectivity index is 0.000000175. The average Bonchev–Trinajstić information content (AvgIpc) is 3.02. The van der Waals surface area contributed by atoms with E-state index >= 15 is 0 Å². The van der Waals surface area contributed by atoms with Crippen LogP contribution in [0.2, 0.25) is 0 Å². The van der Waals surface area contributed by atoms with E-state index in [1.54, 1.807) is 24.3 Å². The van der Waals surface area contributed by atoms with E-state index in [9.17, 15) is 20.4 Å². The third kappa shape index (κ3) is 6.45. The lowest BCUT2D eigenvalue weighted by molar-refractivity contribution is 0.280. The predicted molar refractivity (Wildman–Crippen MR) is 179 cm³/mol. The normalized spacial score (nSPS) is 18.3. The summed E-state index contributed by atoms with van der Waals surface area (Å²) in [6.07, 6.45) is 9.29. The van der Waals surface area contributed by atoms with Gasteiger partial charge in [0.05, 0.1) is 0 Å². The molecule has 0 aromatic heterocycles. The number of rotatable bonds is 4. The summed E-state index contributed by atoms with van der Waals surface area (Å²) in [6.45, 7) is 8.56. The summed E-state index contributed by atoms with van der Waals surface area (Å²) < 4.78 is 0. The van der Waals surface area contributed by atoms with Crippen molar-refractivity contribution in [3.8, 4) is 23.0 Å². The zero-order valence-corrected chi connectivity index (χ0v) is 26.7. The first-order valence-corrected chi connectivity index (χ1v) is 16.2. The van der Waals surface area contributed by atoms with Gasteiger partial charge in [0.1, 0.15) is 23.0 Å². The van der Waals surface area contributed by atoms with Gasteiger partial charge >= 0.3 is 0 Å². The number of hydrogen-bond acceptors (Lipinski definition) is 4. The third-order valence-electron chi connectivity index (χ3n) is 10.6. The summed E-state index contributed by atoms with van der Waals surface area (Å²) in [5.41, 5.74) is 6.94. The van der Waals surface area contributed by atoms with E-state index in [-0.39, 0.29) is 10.8 Å². The van der Waals surface area contributed by atoms with Crippen LogP contribution in [0, 0.1) is 25.7 Å². The highest BCUT2D eigenvalue weighted by atomic mass is 16.3. The van der Waals surface area contributed by atoms with Gasteiger partial charge in [-0.25, -0.2) is 0 Å². The van der Waals surface area contributed by atoms with Crippen molar-refractivity contribution in [1.29, 1.82) is 0 Å². The van der Waals surface area contributed by atoms with Gasteiger partial charge < -0.3 is 20.4 Å². The molecular formula is C40H48O4. The van der Waals surface area contributed by atoms with Crippen LogP contribution in [0.15, 0.2) is 84.9 Å². The van der Waals surface area contributed by atoms with Crippen molar-refractivity contribution in [3.63, 3.8) is 0 Å². The van der Waals surface area contributed by atoms with Crippen LogP contribution < -0.4 is 0 Å². The molecule has 2 aliphatic carbocycles. The highest BCUT2D eigenvalue weighted by Crippen LogP contribution is 2.48. The Morgan fingerprint density at radius 2 is 0.750 bits per heavy atom. The molecule has 0 saturated heterocycles. The molecule has 0 spiro atoms. The lowest BCUT2D eigenvalue weighted by atomic mass is 9.63. The molecule has 0 aliphatic heterocycles. The molecular weight excluding hydrogens is 544 g/mol. The molecule has 6 rings (SSSR count). The van der Waals surface area contributed by atoms with E-state index in [0.29, 0.717) is 23.0 Å². The minimum absolute atomic E-state index is 0.00785. The van der Waals surface area contributed by atoms with Crippen LogP contribution in [0.4, 0.5) is 0 Å². The van der Waals surface area contributed by atoms with Crippen LogP contribution in [-0.2, 0) is 10.8 Å². The van der Waals surface area contributed by atoms with Crippen molar-refractivity contribution < 1.29 is 20.4 Å². The molecule has 232 valence electrons. The number of phenolic OH excluding ortho intramolecular Hbond substituents is 4. The Kier molecular flexibility index (Phi) is 9.29. The molecule has 4 N–H and O–H groups in total. The quantitative estimate of drug-likeness (QED) is 0.190. The maximum Gasteiger partial charge on any atom is 0.118 e. The minimum Gasteiger partial charge on any atom is -0.508 e. The molecule has 0 bridgehead atoms. The Labute approximate surface area is 263 Å². The Hall–Kier alpha value is -3.92. The Bertz CT molecular complexity index is 1440. The molecule has 44 heavy (non-hydrogen) atoms. The highest BCUT2D eigenvalue weighted by Gasteiger charge is 2.39. The van der Waals surface area contributed by atoms with Gasteiger partial charge in [0.25, 0.3) is 0 Å². The van der Waals surface area contributed by atoms with Gasteiger partial charge in [0.15, 0.2) is 0 Å². The summed E-state index contributed by atoms with van der Waals surface area (Å²) in [5, 5.41) is 38.9. The molecule has 0 atom stereocenters. The molecule has 2 aliphatic rings. The summed E-state index contributed by atoms with van der Waals surface area (Å²) in [6, 6.07) is 27.3. The lowest BCUT2D eigenvalue weighted by Gasteiger charge is -2.41. The molecule has 2 fully saturated rings. The summed E-state index contributed by atoms with van der Waals surface area (Å²) in [4.78, 5) is 0. The first-order valence-electron chi connectivity index (χ1n) is 16.2. The van der Waals surface area contributed by atoms with Gasteiger partial charge in [-0.2, -0.15) is 0 Å².